The molecule has 0 aromatic rings. The molecule has 2 N–H and O–H groups in total. The predicted octanol–water partition coefficient (Wildman–Crippen LogP) is 1.03. The molecule has 2 fully saturated rings. The fourth-order valence-corrected chi connectivity index (χ4v) is 2.46. The van der Waals surface area contributed by atoms with E-state index >= 15 is 0 Å². The van der Waals surface area contributed by atoms with E-state index in [1.165, 1.54) is 12.8 Å². The summed E-state index contributed by atoms with van der Waals surface area (Å²) in [6.45, 7) is 0. The largest absolute Gasteiger partial charge is 0.328 e. The summed E-state index contributed by atoms with van der Waals surface area (Å²) < 4.78 is 0. The maximum atomic E-state index is 8.52. The van der Waals surface area contributed by atoms with E-state index in [9.17, 15) is 0 Å². The Bertz CT molecular complexity index is 178. The second kappa shape index (κ2) is 1.73. The van der Waals surface area contributed by atoms with Crippen LogP contribution in [0.4, 0.5) is 0 Å². The summed E-state index contributed by atoms with van der Waals surface area (Å²) >= 11 is 0. The van der Waals surface area contributed by atoms with Gasteiger partial charge >= 0.3 is 0 Å². The van der Waals surface area contributed by atoms with Crippen molar-refractivity contribution in [3.63, 3.8) is 0 Å². The molecule has 0 radical (unpaired) electrons. The van der Waals surface area contributed by atoms with Crippen molar-refractivity contribution in [3.8, 4) is 6.07 Å². The molecule has 10 heavy (non-hydrogen) atoms. The van der Waals surface area contributed by atoms with E-state index in [2.05, 4.69) is 6.07 Å². The highest BCUT2D eigenvalue weighted by atomic mass is 14.7. The highest BCUT2D eigenvalue weighted by Crippen LogP contribution is 2.57. The lowest BCUT2D eigenvalue weighted by molar-refractivity contribution is -0.0175. The first-order valence-electron chi connectivity index (χ1n) is 3.89. The molecular weight excluding hydrogens is 124 g/mol. The Morgan fingerprint density at radius 3 is 2.30 bits per heavy atom. The number of nitriles is 1. The van der Waals surface area contributed by atoms with Gasteiger partial charge in [0.25, 0.3) is 0 Å². The van der Waals surface area contributed by atoms with Crippen molar-refractivity contribution in [1.29, 1.82) is 5.26 Å². The molecule has 0 amide bonds. The zero-order valence-electron chi connectivity index (χ0n) is 6.01. The zero-order valence-corrected chi connectivity index (χ0v) is 6.01. The molecule has 2 rings (SSSR count). The van der Waals surface area contributed by atoms with E-state index in [-0.39, 0.29) is 0 Å². The van der Waals surface area contributed by atoms with E-state index in [4.69, 9.17) is 11.0 Å². The van der Waals surface area contributed by atoms with Crippen LogP contribution in [0.3, 0.4) is 0 Å². The minimum atomic E-state index is 0.354. The van der Waals surface area contributed by atoms with Crippen molar-refractivity contribution in [2.45, 2.75) is 31.7 Å². The topological polar surface area (TPSA) is 49.8 Å². The highest BCUT2D eigenvalue weighted by Gasteiger charge is 2.51. The van der Waals surface area contributed by atoms with Crippen molar-refractivity contribution in [3.05, 3.63) is 0 Å². The van der Waals surface area contributed by atoms with Crippen LogP contribution in [0.5, 0.6) is 0 Å². The maximum Gasteiger partial charge on any atom is 0.0656 e. The SMILES string of the molecule is N#CC1CC2(CC(N)C2)C1. The Hall–Kier alpha value is -0.550. The number of nitrogens with zero attached hydrogens (tertiary/aromatic N) is 1. The van der Waals surface area contributed by atoms with Crippen molar-refractivity contribution < 1.29 is 0 Å². The molecule has 0 aromatic carbocycles. The summed E-state index contributed by atoms with van der Waals surface area (Å²) in [5.74, 6) is 0.354. The van der Waals surface area contributed by atoms with Gasteiger partial charge in [-0.2, -0.15) is 5.26 Å². The molecular formula is C8H12N2. The normalized spacial score (nSPS) is 51.2. The minimum absolute atomic E-state index is 0.354. The van der Waals surface area contributed by atoms with Crippen LogP contribution in [0, 0.1) is 22.7 Å². The van der Waals surface area contributed by atoms with Gasteiger partial charge in [0.1, 0.15) is 0 Å². The van der Waals surface area contributed by atoms with Crippen LogP contribution >= 0.6 is 0 Å². The van der Waals surface area contributed by atoms with Crippen LogP contribution in [0.15, 0.2) is 0 Å². The Kier molecular flexibility index (Phi) is 1.07. The molecule has 54 valence electrons. The van der Waals surface area contributed by atoms with Gasteiger partial charge in [-0.05, 0) is 31.1 Å². The molecule has 0 unspecified atom stereocenters. The van der Waals surface area contributed by atoms with Gasteiger partial charge in [0.15, 0.2) is 0 Å². The molecule has 1 spiro atoms. The molecule has 0 saturated heterocycles. The van der Waals surface area contributed by atoms with Crippen LogP contribution in [0.25, 0.3) is 0 Å². The van der Waals surface area contributed by atoms with Crippen molar-refractivity contribution in [2.75, 3.05) is 0 Å². The van der Waals surface area contributed by atoms with Gasteiger partial charge < -0.3 is 5.73 Å². The number of hydrogen-bond donors (Lipinski definition) is 1. The molecule has 0 bridgehead atoms. The molecule has 2 aliphatic rings. The third-order valence-electron chi connectivity index (χ3n) is 2.93. The first-order chi connectivity index (χ1) is 4.74. The second-order valence-electron chi connectivity index (χ2n) is 3.90. The monoisotopic (exact) mass is 136 g/mol. The number of hydrogen-bond acceptors (Lipinski definition) is 2. The summed E-state index contributed by atoms with van der Waals surface area (Å²) in [6.07, 6.45) is 4.59. The fraction of sp³-hybridized carbons (Fsp3) is 0.875. The van der Waals surface area contributed by atoms with Crippen molar-refractivity contribution in [2.24, 2.45) is 17.1 Å². The summed E-state index contributed by atoms with van der Waals surface area (Å²) in [6, 6.07) is 2.74. The van der Waals surface area contributed by atoms with Crippen molar-refractivity contribution in [1.82, 2.24) is 0 Å². The standard InChI is InChI=1S/C8H12N2/c9-5-6-1-8(2-6)3-7(10)4-8/h6-7H,1-4,10H2. The van der Waals surface area contributed by atoms with Crippen LogP contribution in [0.2, 0.25) is 0 Å². The molecule has 2 nitrogen and oxygen atoms in total. The van der Waals surface area contributed by atoms with E-state index in [0.717, 1.165) is 12.8 Å². The Morgan fingerprint density at radius 2 is 1.90 bits per heavy atom. The number of rotatable bonds is 0. The summed E-state index contributed by atoms with van der Waals surface area (Å²) in [7, 11) is 0. The van der Waals surface area contributed by atoms with Gasteiger partial charge in [0.2, 0.25) is 0 Å². The quantitative estimate of drug-likeness (QED) is 0.540. The van der Waals surface area contributed by atoms with E-state index < -0.39 is 0 Å². The average molecular weight is 136 g/mol. The fourth-order valence-electron chi connectivity index (χ4n) is 2.46. The molecule has 2 heteroatoms. The maximum absolute atomic E-state index is 8.52. The lowest BCUT2D eigenvalue weighted by Gasteiger charge is -2.55. The van der Waals surface area contributed by atoms with Crippen molar-refractivity contribution >= 4 is 0 Å². The van der Waals surface area contributed by atoms with E-state index in [1.54, 1.807) is 0 Å². The van der Waals surface area contributed by atoms with Gasteiger partial charge in [-0.1, -0.05) is 0 Å². The smallest absolute Gasteiger partial charge is 0.0656 e. The summed E-state index contributed by atoms with van der Waals surface area (Å²) in [5.41, 5.74) is 6.21. The van der Waals surface area contributed by atoms with Gasteiger partial charge in [0, 0.05) is 12.0 Å². The molecule has 2 saturated carbocycles. The Labute approximate surface area is 61.0 Å². The lowest BCUT2D eigenvalue weighted by atomic mass is 9.50. The van der Waals surface area contributed by atoms with Gasteiger partial charge in [0.05, 0.1) is 6.07 Å². The Balaban J connectivity index is 1.86. The summed E-state index contributed by atoms with van der Waals surface area (Å²) in [4.78, 5) is 0. The van der Waals surface area contributed by atoms with Crippen LogP contribution < -0.4 is 5.73 Å². The second-order valence-corrected chi connectivity index (χ2v) is 3.90. The van der Waals surface area contributed by atoms with Gasteiger partial charge in [-0.3, -0.25) is 0 Å². The number of nitrogens with two attached hydrogens (primary N) is 1. The first kappa shape index (κ1) is 6.18. The summed E-state index contributed by atoms with van der Waals surface area (Å²) in [5, 5.41) is 8.52. The van der Waals surface area contributed by atoms with E-state index in [0.29, 0.717) is 17.4 Å². The zero-order chi connectivity index (χ0) is 7.19. The van der Waals surface area contributed by atoms with Crippen LogP contribution in [0.1, 0.15) is 25.7 Å². The third-order valence-corrected chi connectivity index (χ3v) is 2.93. The Morgan fingerprint density at radius 1 is 1.30 bits per heavy atom. The van der Waals surface area contributed by atoms with Crippen LogP contribution in [-0.4, -0.2) is 6.04 Å². The molecule has 2 aliphatic carbocycles. The van der Waals surface area contributed by atoms with Gasteiger partial charge in [-0.25, -0.2) is 0 Å². The molecule has 0 atom stereocenters. The predicted molar refractivity (Wildman–Crippen MR) is 38.0 cm³/mol. The van der Waals surface area contributed by atoms with E-state index in [1.807, 2.05) is 0 Å². The average Bonchev–Trinajstić information content (AvgIpc) is 1.74. The lowest BCUT2D eigenvalue weighted by Crippen LogP contribution is -2.52. The molecule has 0 heterocycles. The van der Waals surface area contributed by atoms with Gasteiger partial charge in [-0.15, -0.1) is 0 Å². The highest BCUT2D eigenvalue weighted by molar-refractivity contribution is 5.09. The van der Waals surface area contributed by atoms with Crippen LogP contribution in [-0.2, 0) is 0 Å². The molecule has 0 aliphatic heterocycles. The molecule has 0 aromatic heterocycles. The minimum Gasteiger partial charge on any atom is -0.328 e. The first-order valence-corrected chi connectivity index (χ1v) is 3.89. The third kappa shape index (κ3) is 0.674.